The average Bonchev–Trinajstić information content (AvgIpc) is 2.59. The lowest BCUT2D eigenvalue weighted by atomic mass is 10.0. The number of carboxylic acids is 1. The first-order valence-corrected chi connectivity index (χ1v) is 8.50. The molecule has 2 rings (SSSR count). The third kappa shape index (κ3) is 5.09. The maximum Gasteiger partial charge on any atom is 0.410 e. The second-order valence-electron chi connectivity index (χ2n) is 7.27. The number of aliphatic hydroxyl groups is 2. The Morgan fingerprint density at radius 3 is 2.04 bits per heavy atom. The Hall–Kier alpha value is -2.32. The third-order valence-corrected chi connectivity index (χ3v) is 4.08. The van der Waals surface area contributed by atoms with Crippen LogP contribution in [-0.2, 0) is 9.53 Å². The van der Waals surface area contributed by atoms with E-state index in [1.165, 1.54) is 0 Å². The summed E-state index contributed by atoms with van der Waals surface area (Å²) in [4.78, 5) is 26.6. The van der Waals surface area contributed by atoms with Gasteiger partial charge in [0.1, 0.15) is 11.7 Å². The van der Waals surface area contributed by atoms with Gasteiger partial charge in [-0.1, -0.05) is 12.1 Å². The average molecular weight is 366 g/mol. The summed E-state index contributed by atoms with van der Waals surface area (Å²) in [6, 6.07) is 6.70. The summed E-state index contributed by atoms with van der Waals surface area (Å²) in [6.45, 7) is 7.85. The molecule has 1 saturated heterocycles. The lowest BCUT2D eigenvalue weighted by Gasteiger charge is -2.36. The standard InChI is InChI=1S/C18H26N2O6/c1-18(2,3)26-17(25)20-10-8-19(9-11-20)13-6-4-12(5-7-13)14(21)15(22)16(23)24/h4-7,14-15,21-22H,8-11H2,1-3H3,(H,23,24). The Labute approximate surface area is 152 Å². The highest BCUT2D eigenvalue weighted by atomic mass is 16.6. The molecule has 1 amide bonds. The van der Waals surface area contributed by atoms with Crippen LogP contribution in [0.5, 0.6) is 0 Å². The number of carboxylic acid groups (broad SMARTS) is 1. The molecule has 0 radical (unpaired) electrons. The lowest BCUT2D eigenvalue weighted by molar-refractivity contribution is -0.153. The van der Waals surface area contributed by atoms with Crippen molar-refractivity contribution in [1.82, 2.24) is 4.90 Å². The summed E-state index contributed by atoms with van der Waals surface area (Å²) >= 11 is 0. The van der Waals surface area contributed by atoms with Gasteiger partial charge in [0.15, 0.2) is 6.10 Å². The van der Waals surface area contributed by atoms with Crippen molar-refractivity contribution in [1.29, 1.82) is 0 Å². The van der Waals surface area contributed by atoms with Crippen molar-refractivity contribution in [2.75, 3.05) is 31.1 Å². The van der Waals surface area contributed by atoms with E-state index in [0.717, 1.165) is 5.69 Å². The van der Waals surface area contributed by atoms with Crippen molar-refractivity contribution >= 4 is 17.7 Å². The van der Waals surface area contributed by atoms with Gasteiger partial charge in [0, 0.05) is 31.9 Å². The molecule has 0 aliphatic carbocycles. The highest BCUT2D eigenvalue weighted by Gasteiger charge is 2.27. The van der Waals surface area contributed by atoms with Crippen LogP contribution in [0.1, 0.15) is 32.4 Å². The molecule has 0 aromatic heterocycles. The number of rotatable bonds is 4. The first kappa shape index (κ1) is 20.0. The molecule has 1 aromatic carbocycles. The smallest absolute Gasteiger partial charge is 0.410 e. The fourth-order valence-electron chi connectivity index (χ4n) is 2.67. The van der Waals surface area contributed by atoms with E-state index in [1.54, 1.807) is 29.2 Å². The molecule has 0 bridgehead atoms. The van der Waals surface area contributed by atoms with Gasteiger partial charge in [-0.15, -0.1) is 0 Å². The van der Waals surface area contributed by atoms with Gasteiger partial charge in [-0.3, -0.25) is 0 Å². The summed E-state index contributed by atoms with van der Waals surface area (Å²) in [7, 11) is 0. The van der Waals surface area contributed by atoms with E-state index < -0.39 is 23.8 Å². The van der Waals surface area contributed by atoms with E-state index in [9.17, 15) is 19.8 Å². The number of ether oxygens (including phenoxy) is 1. The van der Waals surface area contributed by atoms with Crippen molar-refractivity contribution in [2.24, 2.45) is 0 Å². The number of aliphatic hydroxyl groups excluding tert-OH is 2. The van der Waals surface area contributed by atoms with E-state index in [2.05, 4.69) is 4.90 Å². The molecule has 144 valence electrons. The van der Waals surface area contributed by atoms with Crippen LogP contribution >= 0.6 is 0 Å². The highest BCUT2D eigenvalue weighted by molar-refractivity contribution is 5.73. The maximum atomic E-state index is 12.1. The number of carbonyl (C=O) groups is 2. The zero-order valence-electron chi connectivity index (χ0n) is 15.3. The van der Waals surface area contributed by atoms with Gasteiger partial charge in [0.25, 0.3) is 0 Å². The minimum Gasteiger partial charge on any atom is -0.479 e. The molecule has 1 aliphatic heterocycles. The van der Waals surface area contributed by atoms with Crippen molar-refractivity contribution in [2.45, 2.75) is 38.6 Å². The molecule has 3 N–H and O–H groups in total. The SMILES string of the molecule is CC(C)(C)OC(=O)N1CCN(c2ccc(C(O)C(O)C(=O)O)cc2)CC1. The fraction of sp³-hybridized carbons (Fsp3) is 0.556. The maximum absolute atomic E-state index is 12.1. The Morgan fingerprint density at radius 2 is 1.58 bits per heavy atom. The molecule has 8 heteroatoms. The van der Waals surface area contributed by atoms with Crippen molar-refractivity contribution < 1.29 is 29.6 Å². The zero-order valence-corrected chi connectivity index (χ0v) is 15.3. The Kier molecular flexibility index (Phi) is 6.09. The zero-order chi connectivity index (χ0) is 19.5. The quantitative estimate of drug-likeness (QED) is 0.735. The largest absolute Gasteiger partial charge is 0.479 e. The molecule has 26 heavy (non-hydrogen) atoms. The van der Waals surface area contributed by atoms with Crippen molar-refractivity contribution in [3.8, 4) is 0 Å². The Morgan fingerprint density at radius 1 is 1.04 bits per heavy atom. The molecular formula is C18H26N2O6. The minimum absolute atomic E-state index is 0.321. The number of anilines is 1. The molecule has 1 aliphatic rings. The number of aliphatic carboxylic acids is 1. The highest BCUT2D eigenvalue weighted by Crippen LogP contribution is 2.23. The van der Waals surface area contributed by atoms with Gasteiger partial charge in [0.05, 0.1) is 0 Å². The van der Waals surface area contributed by atoms with Gasteiger partial charge in [-0.05, 0) is 38.5 Å². The molecule has 1 fully saturated rings. The van der Waals surface area contributed by atoms with Gasteiger partial charge < -0.3 is 29.9 Å². The van der Waals surface area contributed by atoms with Crippen LogP contribution in [-0.4, -0.2) is 70.2 Å². The molecular weight excluding hydrogens is 340 g/mol. The lowest BCUT2D eigenvalue weighted by Crippen LogP contribution is -2.50. The second kappa shape index (κ2) is 7.92. The van der Waals surface area contributed by atoms with Gasteiger partial charge in [0.2, 0.25) is 0 Å². The predicted molar refractivity (Wildman–Crippen MR) is 95.1 cm³/mol. The Balaban J connectivity index is 1.93. The summed E-state index contributed by atoms with van der Waals surface area (Å²) in [6.07, 6.45) is -3.66. The predicted octanol–water partition coefficient (Wildman–Crippen LogP) is 1.22. The second-order valence-corrected chi connectivity index (χ2v) is 7.27. The van der Waals surface area contributed by atoms with Crippen molar-refractivity contribution in [3.05, 3.63) is 29.8 Å². The summed E-state index contributed by atoms with van der Waals surface area (Å²) in [5, 5.41) is 28.0. The number of benzene rings is 1. The van der Waals surface area contributed by atoms with Crippen LogP contribution < -0.4 is 4.90 Å². The van der Waals surface area contributed by atoms with Crippen LogP contribution in [0.3, 0.4) is 0 Å². The van der Waals surface area contributed by atoms with Crippen LogP contribution in [0.25, 0.3) is 0 Å². The summed E-state index contributed by atoms with van der Waals surface area (Å²) in [5.41, 5.74) is 0.705. The molecule has 0 saturated carbocycles. The molecule has 2 atom stereocenters. The monoisotopic (exact) mass is 366 g/mol. The number of amides is 1. The van der Waals surface area contributed by atoms with Gasteiger partial charge in [-0.25, -0.2) is 9.59 Å². The Bertz CT molecular complexity index is 632. The summed E-state index contributed by atoms with van der Waals surface area (Å²) < 4.78 is 5.37. The molecule has 2 unspecified atom stereocenters. The third-order valence-electron chi connectivity index (χ3n) is 4.08. The number of nitrogens with zero attached hydrogens (tertiary/aromatic N) is 2. The molecule has 1 heterocycles. The van der Waals surface area contributed by atoms with E-state index in [0.29, 0.717) is 31.7 Å². The van der Waals surface area contributed by atoms with E-state index >= 15 is 0 Å². The minimum atomic E-state index is -1.86. The van der Waals surface area contributed by atoms with E-state index in [-0.39, 0.29) is 6.09 Å². The summed E-state index contributed by atoms with van der Waals surface area (Å²) in [5.74, 6) is -1.47. The number of piperazine rings is 1. The van der Waals surface area contributed by atoms with Crippen LogP contribution in [0, 0.1) is 0 Å². The molecule has 1 aromatic rings. The van der Waals surface area contributed by atoms with E-state index in [1.807, 2.05) is 20.8 Å². The van der Waals surface area contributed by atoms with E-state index in [4.69, 9.17) is 9.84 Å². The van der Waals surface area contributed by atoms with Crippen LogP contribution in [0.4, 0.5) is 10.5 Å². The number of hydrogen-bond acceptors (Lipinski definition) is 6. The molecule has 8 nitrogen and oxygen atoms in total. The topological polar surface area (TPSA) is 111 Å². The number of hydrogen-bond donors (Lipinski definition) is 3. The van der Waals surface area contributed by atoms with Crippen molar-refractivity contribution in [3.63, 3.8) is 0 Å². The van der Waals surface area contributed by atoms with Crippen LogP contribution in [0.15, 0.2) is 24.3 Å². The first-order valence-electron chi connectivity index (χ1n) is 8.50. The van der Waals surface area contributed by atoms with Gasteiger partial charge in [-0.2, -0.15) is 0 Å². The fourth-order valence-corrected chi connectivity index (χ4v) is 2.67. The van der Waals surface area contributed by atoms with Gasteiger partial charge >= 0.3 is 12.1 Å². The normalized spacial score (nSPS) is 17.6. The molecule has 0 spiro atoms. The van der Waals surface area contributed by atoms with Crippen LogP contribution in [0.2, 0.25) is 0 Å². The number of carbonyl (C=O) groups excluding carboxylic acids is 1. The first-order chi connectivity index (χ1) is 12.1.